The van der Waals surface area contributed by atoms with Crippen molar-refractivity contribution in [2.75, 3.05) is 22.5 Å². The normalized spacial score (nSPS) is 11.0. The van der Waals surface area contributed by atoms with Gasteiger partial charge in [-0.15, -0.1) is 0 Å². The predicted molar refractivity (Wildman–Crippen MR) is 98.9 cm³/mol. The van der Waals surface area contributed by atoms with E-state index in [2.05, 4.69) is 16.0 Å². The highest BCUT2D eigenvalue weighted by atomic mass is 35.5. The van der Waals surface area contributed by atoms with Crippen molar-refractivity contribution in [1.82, 2.24) is 0 Å². The monoisotopic (exact) mass is 399 g/mol. The van der Waals surface area contributed by atoms with Crippen LogP contribution >= 0.6 is 11.6 Å². The first-order valence-electron chi connectivity index (χ1n) is 7.93. The molecule has 0 bridgehead atoms. The van der Waals surface area contributed by atoms with Gasteiger partial charge in [-0.2, -0.15) is 13.2 Å². The molecule has 27 heavy (non-hydrogen) atoms. The average molecular weight is 400 g/mol. The lowest BCUT2D eigenvalue weighted by Crippen LogP contribution is -2.17. The van der Waals surface area contributed by atoms with Gasteiger partial charge in [0.1, 0.15) is 0 Å². The number of carbonyl (C=O) groups excluding carboxylic acids is 2. The van der Waals surface area contributed by atoms with E-state index < -0.39 is 11.7 Å². The maximum atomic E-state index is 12.7. The van der Waals surface area contributed by atoms with Crippen molar-refractivity contribution in [3.63, 3.8) is 0 Å². The second-order valence-electron chi connectivity index (χ2n) is 5.68. The lowest BCUT2D eigenvalue weighted by molar-refractivity contribution is -0.137. The average Bonchev–Trinajstić information content (AvgIpc) is 2.55. The molecule has 0 aliphatic carbocycles. The molecule has 0 atom stereocenters. The van der Waals surface area contributed by atoms with Gasteiger partial charge in [0, 0.05) is 31.3 Å². The summed E-state index contributed by atoms with van der Waals surface area (Å²) in [6, 6.07) is 9.53. The molecular formula is C18H17ClF3N3O2. The molecule has 144 valence electrons. The van der Waals surface area contributed by atoms with Crippen LogP contribution in [0.15, 0.2) is 42.5 Å². The SMILES string of the molecule is CC(=O)Nc1cccc(NC(=O)CCNc2cc(C(F)(F)F)ccc2Cl)c1. The second-order valence-corrected chi connectivity index (χ2v) is 6.09. The highest BCUT2D eigenvalue weighted by Crippen LogP contribution is 2.33. The molecule has 0 saturated carbocycles. The van der Waals surface area contributed by atoms with Crippen molar-refractivity contribution < 1.29 is 22.8 Å². The Balaban J connectivity index is 1.91. The summed E-state index contributed by atoms with van der Waals surface area (Å²) in [4.78, 5) is 23.0. The molecule has 0 heterocycles. The lowest BCUT2D eigenvalue weighted by atomic mass is 10.2. The van der Waals surface area contributed by atoms with Crippen LogP contribution in [-0.2, 0) is 15.8 Å². The third-order valence-electron chi connectivity index (χ3n) is 3.43. The smallest absolute Gasteiger partial charge is 0.383 e. The van der Waals surface area contributed by atoms with Crippen molar-refractivity contribution in [2.45, 2.75) is 19.5 Å². The van der Waals surface area contributed by atoms with E-state index in [0.29, 0.717) is 11.4 Å². The van der Waals surface area contributed by atoms with Gasteiger partial charge in [0.2, 0.25) is 11.8 Å². The minimum atomic E-state index is -4.47. The summed E-state index contributed by atoms with van der Waals surface area (Å²) in [5.41, 5.74) is 0.304. The van der Waals surface area contributed by atoms with Crippen LogP contribution < -0.4 is 16.0 Å². The van der Waals surface area contributed by atoms with Crippen LogP contribution in [0.2, 0.25) is 5.02 Å². The van der Waals surface area contributed by atoms with Gasteiger partial charge in [-0.3, -0.25) is 9.59 Å². The summed E-state index contributed by atoms with van der Waals surface area (Å²) >= 11 is 5.89. The standard InChI is InChI=1S/C18H17ClF3N3O2/c1-11(26)24-13-3-2-4-14(10-13)25-17(27)7-8-23-16-9-12(18(20,21)22)5-6-15(16)19/h2-6,9-10,23H,7-8H2,1H3,(H,24,26)(H,25,27). The van der Waals surface area contributed by atoms with Crippen molar-refractivity contribution in [1.29, 1.82) is 0 Å². The van der Waals surface area contributed by atoms with E-state index in [1.807, 2.05) is 0 Å². The molecule has 0 spiro atoms. The minimum absolute atomic E-state index is 0.0109. The number of hydrogen-bond acceptors (Lipinski definition) is 3. The van der Waals surface area contributed by atoms with E-state index in [1.165, 1.54) is 6.92 Å². The molecule has 3 N–H and O–H groups in total. The Morgan fingerprint density at radius 3 is 2.33 bits per heavy atom. The summed E-state index contributed by atoms with van der Waals surface area (Å²) in [5.74, 6) is -0.578. The third-order valence-corrected chi connectivity index (χ3v) is 3.76. The van der Waals surface area contributed by atoms with E-state index in [4.69, 9.17) is 11.6 Å². The zero-order chi connectivity index (χ0) is 20.0. The Hall–Kier alpha value is -2.74. The van der Waals surface area contributed by atoms with Crippen LogP contribution in [0.1, 0.15) is 18.9 Å². The zero-order valence-corrected chi connectivity index (χ0v) is 15.0. The van der Waals surface area contributed by atoms with Crippen molar-refractivity contribution in [2.24, 2.45) is 0 Å². The molecule has 0 fully saturated rings. The third kappa shape index (κ3) is 6.49. The minimum Gasteiger partial charge on any atom is -0.383 e. The van der Waals surface area contributed by atoms with Gasteiger partial charge in [0.05, 0.1) is 16.3 Å². The Kier molecular flexibility index (Phi) is 6.68. The van der Waals surface area contributed by atoms with E-state index >= 15 is 0 Å². The molecule has 0 aliphatic heterocycles. The number of anilines is 3. The topological polar surface area (TPSA) is 70.2 Å². The number of carbonyl (C=O) groups is 2. The maximum absolute atomic E-state index is 12.7. The highest BCUT2D eigenvalue weighted by molar-refractivity contribution is 6.33. The molecule has 2 amide bonds. The summed E-state index contributed by atoms with van der Waals surface area (Å²) in [6.45, 7) is 1.47. The quantitative estimate of drug-likeness (QED) is 0.656. The van der Waals surface area contributed by atoms with Crippen molar-refractivity contribution >= 4 is 40.5 Å². The second kappa shape index (κ2) is 8.77. The molecule has 2 rings (SSSR count). The molecule has 2 aromatic carbocycles. The summed E-state index contributed by atoms with van der Waals surface area (Å²) in [5, 5.41) is 8.11. The Bertz CT molecular complexity index is 841. The van der Waals surface area contributed by atoms with Gasteiger partial charge in [-0.1, -0.05) is 17.7 Å². The van der Waals surface area contributed by atoms with Crippen LogP contribution in [0.3, 0.4) is 0 Å². The molecular weight excluding hydrogens is 383 g/mol. The lowest BCUT2D eigenvalue weighted by Gasteiger charge is -2.12. The first-order chi connectivity index (χ1) is 12.6. The number of amides is 2. The Labute approximate surface area is 158 Å². The summed E-state index contributed by atoms with van der Waals surface area (Å²) in [7, 11) is 0. The van der Waals surface area contributed by atoms with Crippen molar-refractivity contribution in [3.05, 3.63) is 53.1 Å². The Morgan fingerprint density at radius 2 is 1.70 bits per heavy atom. The fourth-order valence-corrected chi connectivity index (χ4v) is 2.43. The molecule has 0 aromatic heterocycles. The van der Waals surface area contributed by atoms with Crippen LogP contribution in [0, 0.1) is 0 Å². The zero-order valence-electron chi connectivity index (χ0n) is 14.3. The molecule has 0 saturated heterocycles. The number of halogens is 4. The van der Waals surface area contributed by atoms with E-state index in [1.54, 1.807) is 24.3 Å². The van der Waals surface area contributed by atoms with Gasteiger partial charge in [0.15, 0.2) is 0 Å². The number of rotatable bonds is 6. The molecule has 9 heteroatoms. The molecule has 0 aliphatic rings. The van der Waals surface area contributed by atoms with Gasteiger partial charge in [-0.25, -0.2) is 0 Å². The summed E-state index contributed by atoms with van der Waals surface area (Å²) < 4.78 is 38.2. The fourth-order valence-electron chi connectivity index (χ4n) is 2.25. The predicted octanol–water partition coefficient (Wildman–Crippen LogP) is 4.76. The van der Waals surface area contributed by atoms with Gasteiger partial charge in [-0.05, 0) is 36.4 Å². The first kappa shape index (κ1) is 20.6. The summed E-state index contributed by atoms with van der Waals surface area (Å²) in [6.07, 6.45) is -4.46. The number of hydrogen-bond donors (Lipinski definition) is 3. The van der Waals surface area contributed by atoms with Crippen LogP contribution in [0.25, 0.3) is 0 Å². The molecule has 0 radical (unpaired) electrons. The van der Waals surface area contributed by atoms with E-state index in [9.17, 15) is 22.8 Å². The largest absolute Gasteiger partial charge is 0.416 e. The maximum Gasteiger partial charge on any atom is 0.416 e. The number of alkyl halides is 3. The fraction of sp³-hybridized carbons (Fsp3) is 0.222. The molecule has 0 unspecified atom stereocenters. The highest BCUT2D eigenvalue weighted by Gasteiger charge is 2.30. The van der Waals surface area contributed by atoms with Gasteiger partial charge in [0.25, 0.3) is 0 Å². The van der Waals surface area contributed by atoms with Crippen molar-refractivity contribution in [3.8, 4) is 0 Å². The van der Waals surface area contributed by atoms with E-state index in [0.717, 1.165) is 18.2 Å². The first-order valence-corrected chi connectivity index (χ1v) is 8.31. The van der Waals surface area contributed by atoms with E-state index in [-0.39, 0.29) is 35.5 Å². The van der Waals surface area contributed by atoms with Crippen LogP contribution in [-0.4, -0.2) is 18.4 Å². The van der Waals surface area contributed by atoms with Gasteiger partial charge < -0.3 is 16.0 Å². The Morgan fingerprint density at radius 1 is 1.04 bits per heavy atom. The van der Waals surface area contributed by atoms with Crippen LogP contribution in [0.4, 0.5) is 30.2 Å². The van der Waals surface area contributed by atoms with Gasteiger partial charge >= 0.3 is 6.18 Å². The van der Waals surface area contributed by atoms with Crippen LogP contribution in [0.5, 0.6) is 0 Å². The molecule has 2 aromatic rings. The molecule has 5 nitrogen and oxygen atoms in total. The number of nitrogens with one attached hydrogen (secondary N) is 3. The number of benzene rings is 2.